The lowest BCUT2D eigenvalue weighted by molar-refractivity contribution is 0.233. The summed E-state index contributed by atoms with van der Waals surface area (Å²) in [5.41, 5.74) is 10.1. The summed E-state index contributed by atoms with van der Waals surface area (Å²) in [5, 5.41) is 0. The number of ether oxygens (including phenoxy) is 1. The van der Waals surface area contributed by atoms with Crippen LogP contribution in [0.3, 0.4) is 0 Å². The van der Waals surface area contributed by atoms with Gasteiger partial charge in [0.25, 0.3) is 0 Å². The minimum absolute atomic E-state index is 0.356. The molecule has 1 atom stereocenters. The van der Waals surface area contributed by atoms with Gasteiger partial charge in [0.1, 0.15) is 5.75 Å². The van der Waals surface area contributed by atoms with Crippen LogP contribution in [0, 0.1) is 0 Å². The van der Waals surface area contributed by atoms with Gasteiger partial charge in [-0.2, -0.15) is 0 Å². The van der Waals surface area contributed by atoms with Gasteiger partial charge >= 0.3 is 0 Å². The van der Waals surface area contributed by atoms with Crippen molar-refractivity contribution in [3.63, 3.8) is 0 Å². The van der Waals surface area contributed by atoms with Crippen LogP contribution in [0.5, 0.6) is 5.75 Å². The summed E-state index contributed by atoms with van der Waals surface area (Å²) in [4.78, 5) is 2.34. The van der Waals surface area contributed by atoms with Gasteiger partial charge in [0.15, 0.2) is 0 Å². The largest absolute Gasteiger partial charge is 0.493 e. The normalized spacial score (nSPS) is 23.8. The fourth-order valence-corrected chi connectivity index (χ4v) is 2.99. The highest BCUT2D eigenvalue weighted by Crippen LogP contribution is 2.35. The molecule has 1 aromatic carbocycles. The Morgan fingerprint density at radius 3 is 3.06 bits per heavy atom. The zero-order valence-corrected chi connectivity index (χ0v) is 10.4. The SMILES string of the molecule is CN1CCc2cc3c(cc2C1CN)OCCC3. The number of aryl methyl sites for hydroxylation is 1. The predicted molar refractivity (Wildman–Crippen MR) is 68.4 cm³/mol. The molecular weight excluding hydrogens is 212 g/mol. The molecule has 2 aliphatic rings. The van der Waals surface area contributed by atoms with Crippen molar-refractivity contribution in [3.05, 3.63) is 28.8 Å². The Labute approximate surface area is 103 Å². The summed E-state index contributed by atoms with van der Waals surface area (Å²) in [7, 11) is 2.15. The highest BCUT2D eigenvalue weighted by atomic mass is 16.5. The van der Waals surface area contributed by atoms with Crippen LogP contribution in [0.1, 0.15) is 29.2 Å². The molecule has 0 aliphatic carbocycles. The first-order valence-electron chi connectivity index (χ1n) is 6.48. The summed E-state index contributed by atoms with van der Waals surface area (Å²) < 4.78 is 5.76. The molecule has 2 N–H and O–H groups in total. The molecule has 0 fully saturated rings. The van der Waals surface area contributed by atoms with E-state index in [1.807, 2.05) is 0 Å². The fourth-order valence-electron chi connectivity index (χ4n) is 2.99. The predicted octanol–water partition coefficient (Wildman–Crippen LogP) is 1.50. The maximum absolute atomic E-state index is 5.90. The first-order chi connectivity index (χ1) is 8.29. The molecule has 0 saturated carbocycles. The molecule has 0 radical (unpaired) electrons. The number of likely N-dealkylation sites (N-methyl/N-ethyl adjacent to an activating group) is 1. The number of nitrogens with two attached hydrogens (primary N) is 1. The third-order valence-electron chi connectivity index (χ3n) is 4.02. The van der Waals surface area contributed by atoms with Crippen molar-refractivity contribution in [2.75, 3.05) is 26.7 Å². The Morgan fingerprint density at radius 2 is 2.24 bits per heavy atom. The highest BCUT2D eigenvalue weighted by Gasteiger charge is 2.25. The van der Waals surface area contributed by atoms with E-state index in [-0.39, 0.29) is 0 Å². The van der Waals surface area contributed by atoms with Crippen molar-refractivity contribution in [3.8, 4) is 5.75 Å². The van der Waals surface area contributed by atoms with Crippen molar-refractivity contribution >= 4 is 0 Å². The summed E-state index contributed by atoms with van der Waals surface area (Å²) in [6.45, 7) is 2.64. The van der Waals surface area contributed by atoms with Gasteiger partial charge < -0.3 is 10.5 Å². The quantitative estimate of drug-likeness (QED) is 0.797. The Bertz CT molecular complexity index is 430. The average Bonchev–Trinajstić information content (AvgIpc) is 2.36. The minimum atomic E-state index is 0.356. The Hall–Kier alpha value is -1.06. The van der Waals surface area contributed by atoms with Crippen molar-refractivity contribution in [2.24, 2.45) is 5.73 Å². The lowest BCUT2D eigenvalue weighted by Gasteiger charge is -2.35. The van der Waals surface area contributed by atoms with Gasteiger partial charge in [-0.05, 0) is 49.1 Å². The molecule has 1 unspecified atom stereocenters. The number of nitrogens with zero attached hydrogens (tertiary/aromatic N) is 1. The molecule has 2 heterocycles. The summed E-state index contributed by atoms with van der Waals surface area (Å²) in [6, 6.07) is 4.94. The van der Waals surface area contributed by atoms with Gasteiger partial charge in [-0.25, -0.2) is 0 Å². The van der Waals surface area contributed by atoms with Crippen LogP contribution in [-0.4, -0.2) is 31.6 Å². The molecule has 2 aliphatic heterocycles. The van der Waals surface area contributed by atoms with E-state index in [9.17, 15) is 0 Å². The standard InChI is InChI=1S/C14H20N2O/c1-16-5-4-10-7-11-3-2-6-17-14(11)8-12(10)13(16)9-15/h7-8,13H,2-6,9,15H2,1H3. The van der Waals surface area contributed by atoms with E-state index >= 15 is 0 Å². The van der Waals surface area contributed by atoms with Crippen molar-refractivity contribution in [1.29, 1.82) is 0 Å². The number of benzene rings is 1. The molecule has 1 aromatic rings. The van der Waals surface area contributed by atoms with Crippen molar-refractivity contribution < 1.29 is 4.74 Å². The molecule has 0 amide bonds. The number of hydrogen-bond acceptors (Lipinski definition) is 3. The van der Waals surface area contributed by atoms with Crippen LogP contribution in [0.2, 0.25) is 0 Å². The Morgan fingerprint density at radius 1 is 1.35 bits per heavy atom. The van der Waals surface area contributed by atoms with Gasteiger partial charge in [0, 0.05) is 19.1 Å². The second-order valence-electron chi connectivity index (χ2n) is 5.09. The fraction of sp³-hybridized carbons (Fsp3) is 0.571. The molecule has 3 heteroatoms. The molecule has 0 spiro atoms. The van der Waals surface area contributed by atoms with Crippen LogP contribution in [0.4, 0.5) is 0 Å². The van der Waals surface area contributed by atoms with Crippen LogP contribution < -0.4 is 10.5 Å². The second kappa shape index (κ2) is 4.31. The molecular formula is C14H20N2O. The number of hydrogen-bond donors (Lipinski definition) is 1. The average molecular weight is 232 g/mol. The zero-order chi connectivity index (χ0) is 11.8. The lowest BCUT2D eigenvalue weighted by Crippen LogP contribution is -2.36. The van der Waals surface area contributed by atoms with Crippen LogP contribution >= 0.6 is 0 Å². The van der Waals surface area contributed by atoms with Crippen LogP contribution in [-0.2, 0) is 12.8 Å². The molecule has 3 rings (SSSR count). The van der Waals surface area contributed by atoms with Crippen LogP contribution in [0.15, 0.2) is 12.1 Å². The number of rotatable bonds is 1. The Kier molecular flexibility index (Phi) is 2.81. The smallest absolute Gasteiger partial charge is 0.122 e. The third kappa shape index (κ3) is 1.83. The highest BCUT2D eigenvalue weighted by molar-refractivity contribution is 5.46. The molecule has 17 heavy (non-hydrogen) atoms. The van der Waals surface area contributed by atoms with E-state index in [0.29, 0.717) is 12.6 Å². The first kappa shape index (κ1) is 11.1. The topological polar surface area (TPSA) is 38.5 Å². The van der Waals surface area contributed by atoms with E-state index in [1.54, 1.807) is 0 Å². The molecule has 3 nitrogen and oxygen atoms in total. The molecule has 0 saturated heterocycles. The zero-order valence-electron chi connectivity index (χ0n) is 10.4. The summed E-state index contributed by atoms with van der Waals surface area (Å²) in [6.07, 6.45) is 3.44. The van der Waals surface area contributed by atoms with Gasteiger partial charge in [-0.15, -0.1) is 0 Å². The third-order valence-corrected chi connectivity index (χ3v) is 4.02. The second-order valence-corrected chi connectivity index (χ2v) is 5.09. The van der Waals surface area contributed by atoms with E-state index in [4.69, 9.17) is 10.5 Å². The van der Waals surface area contributed by atoms with Gasteiger partial charge in [-0.1, -0.05) is 6.07 Å². The first-order valence-corrected chi connectivity index (χ1v) is 6.48. The Balaban J connectivity index is 2.05. The maximum atomic E-state index is 5.90. The summed E-state index contributed by atoms with van der Waals surface area (Å²) >= 11 is 0. The monoisotopic (exact) mass is 232 g/mol. The molecule has 0 aromatic heterocycles. The van der Waals surface area contributed by atoms with Crippen LogP contribution in [0.25, 0.3) is 0 Å². The van der Waals surface area contributed by atoms with E-state index in [1.165, 1.54) is 16.7 Å². The van der Waals surface area contributed by atoms with E-state index in [0.717, 1.165) is 38.2 Å². The molecule has 92 valence electrons. The van der Waals surface area contributed by atoms with E-state index in [2.05, 4.69) is 24.1 Å². The van der Waals surface area contributed by atoms with Crippen molar-refractivity contribution in [2.45, 2.75) is 25.3 Å². The minimum Gasteiger partial charge on any atom is -0.493 e. The van der Waals surface area contributed by atoms with Gasteiger partial charge in [-0.3, -0.25) is 4.90 Å². The summed E-state index contributed by atoms with van der Waals surface area (Å²) in [5.74, 6) is 1.09. The van der Waals surface area contributed by atoms with E-state index < -0.39 is 0 Å². The maximum Gasteiger partial charge on any atom is 0.122 e. The van der Waals surface area contributed by atoms with Gasteiger partial charge in [0.2, 0.25) is 0 Å². The molecule has 0 bridgehead atoms. The number of fused-ring (bicyclic) bond motifs is 2. The van der Waals surface area contributed by atoms with Crippen molar-refractivity contribution in [1.82, 2.24) is 4.90 Å². The van der Waals surface area contributed by atoms with Gasteiger partial charge in [0.05, 0.1) is 6.61 Å². The lowest BCUT2D eigenvalue weighted by atomic mass is 9.89.